The normalized spacial score (nSPS) is 19.3. The van der Waals surface area contributed by atoms with Gasteiger partial charge in [0.1, 0.15) is 0 Å². The van der Waals surface area contributed by atoms with E-state index in [2.05, 4.69) is 0 Å². The first-order valence-corrected chi connectivity index (χ1v) is 16.5. The molecule has 248 valence electrons. The van der Waals surface area contributed by atoms with Crippen LogP contribution in [-0.2, 0) is 38.4 Å². The summed E-state index contributed by atoms with van der Waals surface area (Å²) in [5.74, 6) is -4.35. The van der Waals surface area contributed by atoms with Gasteiger partial charge in [0.2, 0.25) is 0 Å². The maximum Gasteiger partial charge on any atom is 0.261 e. The predicted molar refractivity (Wildman–Crippen MR) is 179 cm³/mol. The minimum atomic E-state index is -0.981. The topological polar surface area (TPSA) is 150 Å². The van der Waals surface area contributed by atoms with Crippen LogP contribution in [0, 0.1) is 0 Å². The summed E-state index contributed by atoms with van der Waals surface area (Å²) in [6.45, 7) is 6.07. The molecular weight excluding hydrogens is 648 g/mol. The van der Waals surface area contributed by atoms with E-state index >= 15 is 0 Å². The van der Waals surface area contributed by atoms with Gasteiger partial charge in [0.15, 0.2) is 0 Å². The van der Waals surface area contributed by atoms with Crippen LogP contribution in [0.1, 0.15) is 50.9 Å². The Morgan fingerprint density at radius 1 is 0.469 bits per heavy atom. The Morgan fingerprint density at radius 3 is 1.10 bits per heavy atom. The molecule has 0 saturated carbocycles. The molecule has 49 heavy (non-hydrogen) atoms. The van der Waals surface area contributed by atoms with Gasteiger partial charge in [-0.2, -0.15) is 11.8 Å². The molecule has 2 aromatic rings. The first-order chi connectivity index (χ1) is 23.3. The third-order valence-corrected chi connectivity index (χ3v) is 9.82. The Morgan fingerprint density at radius 2 is 0.796 bits per heavy atom. The van der Waals surface area contributed by atoms with Crippen molar-refractivity contribution in [3.63, 3.8) is 0 Å². The van der Waals surface area contributed by atoms with Crippen LogP contribution in [0.3, 0.4) is 0 Å². The number of benzene rings is 2. The Kier molecular flexibility index (Phi) is 8.63. The molecule has 4 aliphatic heterocycles. The highest BCUT2D eigenvalue weighted by atomic mass is 32.2. The zero-order valence-electron chi connectivity index (χ0n) is 27.0. The quantitative estimate of drug-likeness (QED) is 0.345. The zero-order chi connectivity index (χ0) is 35.3. The van der Waals surface area contributed by atoms with Crippen molar-refractivity contribution in [2.75, 3.05) is 21.3 Å². The molecule has 6 rings (SSSR count). The second-order valence-electron chi connectivity index (χ2n) is 12.0. The molecule has 0 radical (unpaired) electrons. The van der Waals surface area contributed by atoms with Crippen LogP contribution in [0.4, 0.5) is 11.4 Å². The molecular formula is C36H30N4O8S. The van der Waals surface area contributed by atoms with Gasteiger partial charge in [0, 0.05) is 69.2 Å². The second kappa shape index (κ2) is 12.7. The van der Waals surface area contributed by atoms with Crippen LogP contribution in [-0.4, -0.2) is 68.6 Å². The minimum Gasteiger partial charge on any atom is -0.269 e. The van der Waals surface area contributed by atoms with Crippen LogP contribution in [0.2, 0.25) is 0 Å². The molecule has 0 fully saturated rings. The lowest BCUT2D eigenvalue weighted by molar-refractivity contribution is -0.141. The van der Waals surface area contributed by atoms with Crippen LogP contribution in [0.25, 0.3) is 0 Å². The molecule has 4 aliphatic rings. The molecule has 12 nitrogen and oxygen atoms in total. The minimum absolute atomic E-state index is 0.0295. The van der Waals surface area contributed by atoms with Crippen molar-refractivity contribution in [2.45, 2.75) is 39.8 Å². The average Bonchev–Trinajstić information content (AvgIpc) is 3.67. The van der Waals surface area contributed by atoms with Gasteiger partial charge in [-0.3, -0.25) is 48.2 Å². The lowest BCUT2D eigenvalue weighted by Gasteiger charge is -2.32. The van der Waals surface area contributed by atoms with Crippen molar-refractivity contribution < 1.29 is 38.4 Å². The molecule has 8 amide bonds. The Balaban J connectivity index is 1.38. The van der Waals surface area contributed by atoms with Gasteiger partial charge < -0.3 is 0 Å². The number of thioether (sulfide) groups is 1. The van der Waals surface area contributed by atoms with E-state index in [1.165, 1.54) is 63.8 Å². The lowest BCUT2D eigenvalue weighted by Crippen LogP contribution is -2.40. The monoisotopic (exact) mass is 678 g/mol. The van der Waals surface area contributed by atoms with Gasteiger partial charge in [-0.05, 0) is 39.8 Å². The number of anilines is 2. The number of hydrogen-bond donors (Lipinski definition) is 0. The summed E-state index contributed by atoms with van der Waals surface area (Å²) < 4.78 is 0. The van der Waals surface area contributed by atoms with Crippen molar-refractivity contribution in [3.05, 3.63) is 106 Å². The number of rotatable bonds is 10. The van der Waals surface area contributed by atoms with Crippen molar-refractivity contribution in [1.82, 2.24) is 9.80 Å². The number of para-hydroxylation sites is 2. The van der Waals surface area contributed by atoms with Gasteiger partial charge in [-0.15, -0.1) is 0 Å². The van der Waals surface area contributed by atoms with Gasteiger partial charge in [0.05, 0.1) is 23.5 Å². The van der Waals surface area contributed by atoms with Crippen molar-refractivity contribution in [2.24, 2.45) is 0 Å². The zero-order valence-corrected chi connectivity index (χ0v) is 27.8. The number of carbonyl (C=O) groups is 8. The average molecular weight is 679 g/mol. The summed E-state index contributed by atoms with van der Waals surface area (Å²) >= 11 is 1.21. The largest absolute Gasteiger partial charge is 0.269 e. The maximum absolute atomic E-state index is 13.4. The van der Waals surface area contributed by atoms with E-state index in [1.54, 1.807) is 48.5 Å². The Bertz CT molecular complexity index is 1900. The fourth-order valence-electron chi connectivity index (χ4n) is 6.28. The Hall–Kier alpha value is -5.69. The van der Waals surface area contributed by atoms with Crippen LogP contribution in [0.5, 0.6) is 0 Å². The molecule has 0 saturated heterocycles. The van der Waals surface area contributed by atoms with Gasteiger partial charge in [-0.25, -0.2) is 9.80 Å². The summed E-state index contributed by atoms with van der Waals surface area (Å²) in [4.78, 5) is 109. The van der Waals surface area contributed by atoms with E-state index in [4.69, 9.17) is 0 Å². The molecule has 0 aliphatic carbocycles. The van der Waals surface area contributed by atoms with E-state index in [-0.39, 0.29) is 45.2 Å². The van der Waals surface area contributed by atoms with E-state index in [0.717, 1.165) is 19.6 Å². The summed E-state index contributed by atoms with van der Waals surface area (Å²) in [6, 6.07) is 11.1. The van der Waals surface area contributed by atoms with E-state index in [0.29, 0.717) is 11.1 Å². The smallest absolute Gasteiger partial charge is 0.261 e. The van der Waals surface area contributed by atoms with Crippen molar-refractivity contribution in [3.8, 4) is 0 Å². The fourth-order valence-corrected chi connectivity index (χ4v) is 7.52. The molecule has 0 spiro atoms. The molecule has 0 bridgehead atoms. The highest BCUT2D eigenvalue weighted by Crippen LogP contribution is 2.41. The number of nitrogens with zero attached hydrogens (tertiary/aromatic N) is 4. The van der Waals surface area contributed by atoms with E-state index in [9.17, 15) is 38.4 Å². The van der Waals surface area contributed by atoms with Crippen LogP contribution < -0.4 is 9.80 Å². The first kappa shape index (κ1) is 33.2. The highest BCUT2D eigenvalue weighted by molar-refractivity contribution is 7.99. The molecule has 2 aromatic carbocycles. The maximum atomic E-state index is 13.4. The molecule has 0 N–H and O–H groups in total. The van der Waals surface area contributed by atoms with Gasteiger partial charge >= 0.3 is 0 Å². The van der Waals surface area contributed by atoms with Crippen molar-refractivity contribution >= 4 is 70.4 Å². The standard InChI is InChI=1S/C36H30N4O8S/c1-19-13-29(41)37(33(19)45)25-11-7-5-9-23(25)27(39-31(43)15-21(3)35(39)47)17-49-18-28(40-32(44)16-22(4)36(40)48)24-10-6-8-12-26(24)38-30(42)14-20(2)34(38)46/h5-16,27-28H,17-18H2,1-4H3. The summed E-state index contributed by atoms with van der Waals surface area (Å²) in [5.41, 5.74) is 2.06. The summed E-state index contributed by atoms with van der Waals surface area (Å²) in [5, 5.41) is 0. The lowest BCUT2D eigenvalue weighted by atomic mass is 10.0. The molecule has 2 atom stereocenters. The summed E-state index contributed by atoms with van der Waals surface area (Å²) in [7, 11) is 0. The highest BCUT2D eigenvalue weighted by Gasteiger charge is 2.42. The van der Waals surface area contributed by atoms with Crippen LogP contribution >= 0.6 is 11.8 Å². The number of hydrogen-bond acceptors (Lipinski definition) is 9. The first-order valence-electron chi connectivity index (χ1n) is 15.3. The molecule has 13 heteroatoms. The van der Waals surface area contributed by atoms with E-state index < -0.39 is 59.3 Å². The number of amides is 8. The Labute approximate surface area is 285 Å². The molecule has 4 heterocycles. The van der Waals surface area contributed by atoms with Crippen LogP contribution in [0.15, 0.2) is 95.1 Å². The second-order valence-corrected chi connectivity index (χ2v) is 13.1. The van der Waals surface area contributed by atoms with Crippen molar-refractivity contribution in [1.29, 1.82) is 0 Å². The SMILES string of the molecule is CC1=CC(=O)N(c2ccccc2C(CSCC(c2ccccc2N2C(=O)C=C(C)C2=O)N2C(=O)C=C(C)C2=O)N2C(=O)C=C(C)C2=O)C1=O. The molecule has 0 aromatic heterocycles. The third-order valence-electron chi connectivity index (χ3n) is 8.72. The van der Waals surface area contributed by atoms with Gasteiger partial charge in [0.25, 0.3) is 47.3 Å². The van der Waals surface area contributed by atoms with Gasteiger partial charge in [-0.1, -0.05) is 36.4 Å². The molecule has 2 unspecified atom stereocenters. The summed E-state index contributed by atoms with van der Waals surface area (Å²) in [6.07, 6.45) is 4.87. The predicted octanol–water partition coefficient (Wildman–Crippen LogP) is 3.47. The van der Waals surface area contributed by atoms with E-state index in [1.807, 2.05) is 0 Å². The third kappa shape index (κ3) is 5.65. The number of carbonyl (C=O) groups excluding carboxylic acids is 8. The number of imide groups is 4. The fraction of sp³-hybridized carbons (Fsp3) is 0.222.